The van der Waals surface area contributed by atoms with Crippen molar-refractivity contribution in [3.63, 3.8) is 0 Å². The van der Waals surface area contributed by atoms with E-state index in [1.54, 1.807) is 12.1 Å². The van der Waals surface area contributed by atoms with Gasteiger partial charge in [0.1, 0.15) is 36.3 Å². The van der Waals surface area contributed by atoms with Crippen LogP contribution in [0.25, 0.3) is 87.8 Å². The monoisotopic (exact) mass is 862 g/mol. The Balaban J connectivity index is 1.71. The van der Waals surface area contributed by atoms with Crippen LogP contribution >= 0.6 is 0 Å². The molecule has 0 radical (unpaired) electrons. The normalized spacial score (nSPS) is 12.1. The molecule has 7 aromatic rings. The summed E-state index contributed by atoms with van der Waals surface area (Å²) in [6, 6.07) is 14.4. The van der Waals surface area contributed by atoms with Crippen LogP contribution in [-0.4, -0.2) is 9.97 Å². The molecule has 0 unspecified atom stereocenters. The van der Waals surface area contributed by atoms with Crippen LogP contribution in [0.15, 0.2) is 93.8 Å². The van der Waals surface area contributed by atoms with Crippen LogP contribution < -0.4 is 11.1 Å². The summed E-state index contributed by atoms with van der Waals surface area (Å²) in [4.78, 5) is 14.7. The smallest absolute Gasteiger partial charge is 0.440 e. The van der Waals surface area contributed by atoms with Crippen LogP contribution in [0.3, 0.4) is 0 Å². The zero-order valence-electron chi connectivity index (χ0n) is 30.1. The molecule has 0 N–H and O–H groups in total. The van der Waals surface area contributed by atoms with Crippen LogP contribution in [0.5, 0.6) is 0 Å². The number of rotatable bonds is 4. The Bertz CT molecular complexity index is 2930. The minimum Gasteiger partial charge on any atom is -0.440 e. The Kier molecular flexibility index (Phi) is 10.1. The summed E-state index contributed by atoms with van der Waals surface area (Å²) < 4.78 is 181. The molecule has 5 aromatic carbocycles. The van der Waals surface area contributed by atoms with E-state index in [2.05, 4.69) is 19.7 Å². The average Bonchev–Trinajstić information content (AvgIpc) is 3.84. The molecule has 0 atom stereocenters. The Morgan fingerprint density at radius 1 is 0.500 bits per heavy atom. The third-order valence-electron chi connectivity index (χ3n) is 9.21. The van der Waals surface area contributed by atoms with E-state index in [9.17, 15) is 63.2 Å². The highest BCUT2D eigenvalue weighted by molar-refractivity contribution is 6.18. The van der Waals surface area contributed by atoms with E-state index in [1.807, 2.05) is 0 Å². The molecule has 0 bridgehead atoms. The molecule has 0 saturated carbocycles. The lowest BCUT2D eigenvalue weighted by atomic mass is 9.88. The van der Waals surface area contributed by atoms with Gasteiger partial charge in [0, 0.05) is 0 Å². The Labute approximate surface area is 337 Å². The Hall–Kier alpha value is -8.10. The van der Waals surface area contributed by atoms with Gasteiger partial charge in [-0.2, -0.15) is 63.2 Å². The van der Waals surface area contributed by atoms with E-state index >= 15 is 0 Å². The maximum Gasteiger partial charge on any atom is 0.582 e. The molecule has 308 valence electrons. The molecule has 0 amide bonds. The first-order valence-corrected chi connectivity index (χ1v) is 16.9. The Morgan fingerprint density at radius 3 is 1.15 bits per heavy atom. The van der Waals surface area contributed by atoms with Gasteiger partial charge < -0.3 is 8.83 Å². The fraction of sp³-hybridized carbons (Fsp3) is 0.0952. The van der Waals surface area contributed by atoms with Crippen LogP contribution in [0.4, 0.5) is 52.7 Å². The van der Waals surface area contributed by atoms with Gasteiger partial charge in [0.05, 0.1) is 33.4 Å². The number of halogens is 12. The fourth-order valence-electron chi connectivity index (χ4n) is 6.60. The number of hydrogen-bond acceptors (Lipinski definition) is 6. The van der Waals surface area contributed by atoms with Crippen molar-refractivity contribution in [3.05, 3.63) is 141 Å². The van der Waals surface area contributed by atoms with E-state index in [4.69, 9.17) is 22.0 Å². The summed E-state index contributed by atoms with van der Waals surface area (Å²) in [6.45, 7) is 15.1. The lowest BCUT2D eigenvalue weighted by Crippen LogP contribution is -2.11. The third-order valence-corrected chi connectivity index (χ3v) is 9.21. The number of aromatic nitrogens is 2. The summed E-state index contributed by atoms with van der Waals surface area (Å²) in [5, 5.41) is 19.5. The maximum atomic E-state index is 14.1. The molecule has 8 nitrogen and oxygen atoms in total. The van der Waals surface area contributed by atoms with E-state index in [-0.39, 0.29) is 45.5 Å². The molecule has 20 heteroatoms. The SMILES string of the molecule is [C-]#[N+]C([N+]#[C-])=c1nc2c(-c3ccccc3-c3cc(C(F)(F)F)cc(C(F)(F)F)c3)c3oc(=C(C#N)C#N)nc3c(-c3ccccc3-c3cc(C(F)(F)F)cc(C(F)(F)F)c3)c2o1. The fourth-order valence-corrected chi connectivity index (χ4v) is 6.60. The number of nitriles is 2. The van der Waals surface area contributed by atoms with E-state index in [0.29, 0.717) is 24.3 Å². The zero-order chi connectivity index (χ0) is 45.1. The standard InChI is InChI=1S/C42H14F12N6O2/c1-57-36(58-2)38-60-33-31(29-10-6-4-8-27(29)20-13-24(41(49,50)51)16-25(14-20)42(52,53)54)34-32(59-37(61-34)21(17-55)18-56)30(35(33)62-38)28-9-5-3-7-26(28)19-11-22(39(43,44)45)15-23(12-19)40(46,47)48/h3-16H. The van der Waals surface area contributed by atoms with Gasteiger partial charge in [-0.15, -0.1) is 9.69 Å². The molecule has 0 spiro atoms. The summed E-state index contributed by atoms with van der Waals surface area (Å²) in [5.41, 5.74) is -14.2. The average molecular weight is 863 g/mol. The van der Waals surface area contributed by atoms with Gasteiger partial charge in [-0.05, 0) is 69.8 Å². The van der Waals surface area contributed by atoms with Crippen molar-refractivity contribution in [2.24, 2.45) is 0 Å². The zero-order valence-corrected chi connectivity index (χ0v) is 30.1. The quantitative estimate of drug-likeness (QED) is 0.129. The molecule has 0 saturated heterocycles. The van der Waals surface area contributed by atoms with Crippen LogP contribution in [0, 0.1) is 35.8 Å². The summed E-state index contributed by atoms with van der Waals surface area (Å²) >= 11 is 0. The van der Waals surface area contributed by atoms with Crippen molar-refractivity contribution in [2.75, 3.05) is 0 Å². The van der Waals surface area contributed by atoms with Gasteiger partial charge in [0.15, 0.2) is 16.7 Å². The first kappa shape index (κ1) is 42.0. The largest absolute Gasteiger partial charge is 0.582 e. The first-order valence-electron chi connectivity index (χ1n) is 16.9. The lowest BCUT2D eigenvalue weighted by Gasteiger charge is -2.18. The second kappa shape index (κ2) is 14.9. The minimum absolute atomic E-state index is 0.101. The van der Waals surface area contributed by atoms with Crippen LogP contribution in [0.2, 0.25) is 0 Å². The number of nitrogens with zero attached hydrogens (tertiary/aromatic N) is 6. The lowest BCUT2D eigenvalue weighted by molar-refractivity contribution is -0.144. The van der Waals surface area contributed by atoms with Gasteiger partial charge in [0.2, 0.25) is 5.55 Å². The number of hydrogen-bond donors (Lipinski definition) is 0. The second-order valence-corrected chi connectivity index (χ2v) is 13.0. The maximum absolute atomic E-state index is 14.1. The predicted molar refractivity (Wildman–Crippen MR) is 194 cm³/mol. The van der Waals surface area contributed by atoms with Gasteiger partial charge >= 0.3 is 36.1 Å². The van der Waals surface area contributed by atoms with Crippen molar-refractivity contribution in [2.45, 2.75) is 24.7 Å². The van der Waals surface area contributed by atoms with Gasteiger partial charge in [0.25, 0.3) is 0 Å². The van der Waals surface area contributed by atoms with E-state index < -0.39 is 103 Å². The van der Waals surface area contributed by atoms with E-state index in [0.717, 1.165) is 12.1 Å². The van der Waals surface area contributed by atoms with Crippen molar-refractivity contribution >= 4 is 33.6 Å². The van der Waals surface area contributed by atoms with E-state index in [1.165, 1.54) is 36.4 Å². The van der Waals surface area contributed by atoms with Crippen molar-refractivity contribution < 1.29 is 61.5 Å². The second-order valence-electron chi connectivity index (χ2n) is 13.0. The Morgan fingerprint density at radius 2 is 0.823 bits per heavy atom. The van der Waals surface area contributed by atoms with Crippen LogP contribution in [-0.2, 0) is 24.7 Å². The highest BCUT2D eigenvalue weighted by Crippen LogP contribution is 2.49. The van der Waals surface area contributed by atoms with Crippen molar-refractivity contribution in [3.8, 4) is 56.6 Å². The van der Waals surface area contributed by atoms with Crippen LogP contribution in [0.1, 0.15) is 22.3 Å². The first-order chi connectivity index (χ1) is 29.1. The molecule has 62 heavy (non-hydrogen) atoms. The van der Waals surface area contributed by atoms with Gasteiger partial charge in [-0.25, -0.2) is 9.97 Å². The highest BCUT2D eigenvalue weighted by Gasteiger charge is 2.39. The molecule has 0 aliphatic carbocycles. The summed E-state index contributed by atoms with van der Waals surface area (Å²) in [6.07, 6.45) is -21.1. The summed E-state index contributed by atoms with van der Waals surface area (Å²) in [5.74, 6) is -0.824. The number of oxazole rings is 2. The highest BCUT2D eigenvalue weighted by atomic mass is 19.4. The molecule has 2 heterocycles. The van der Waals surface area contributed by atoms with Crippen molar-refractivity contribution in [1.29, 1.82) is 10.5 Å². The number of benzene rings is 5. The predicted octanol–water partition coefficient (Wildman–Crippen LogP) is 11.8. The number of alkyl halides is 12. The minimum atomic E-state index is -5.28. The topological polar surface area (TPSA) is 108 Å². The molecule has 0 aliphatic rings. The molecular formula is C42H14F12N6O2. The molecule has 7 rings (SSSR count). The molecule has 0 fully saturated rings. The van der Waals surface area contributed by atoms with Gasteiger partial charge in [-0.3, -0.25) is 0 Å². The van der Waals surface area contributed by atoms with Gasteiger partial charge in [-0.1, -0.05) is 48.5 Å². The molecule has 0 aliphatic heterocycles. The summed E-state index contributed by atoms with van der Waals surface area (Å²) in [7, 11) is 0. The number of fused-ring (bicyclic) bond motifs is 2. The molecular weight excluding hydrogens is 848 g/mol. The third kappa shape index (κ3) is 7.50. The molecule has 2 aromatic heterocycles. The van der Waals surface area contributed by atoms with Crippen molar-refractivity contribution in [1.82, 2.24) is 9.97 Å².